The topological polar surface area (TPSA) is 29.3 Å². The molecule has 2 heteroatoms. The molecule has 2 nitrogen and oxygen atoms in total. The second-order valence-electron chi connectivity index (χ2n) is 5.54. The quantitative estimate of drug-likeness (QED) is 0.846. The molecule has 2 rings (SSSR count). The minimum Gasteiger partial charge on any atom is -0.323 e. The monoisotopic (exact) mass is 232 g/mol. The number of rotatable bonds is 5. The Labute approximate surface area is 105 Å². The van der Waals surface area contributed by atoms with Crippen molar-refractivity contribution in [1.29, 1.82) is 0 Å². The number of hydrogen-bond donors (Lipinski definition) is 1. The van der Waals surface area contributed by atoms with Crippen molar-refractivity contribution in [3.8, 4) is 0 Å². The Balaban J connectivity index is 1.93. The fraction of sp³-hybridized carbons (Fsp3) is 0.600. The molecule has 0 radical (unpaired) electrons. The van der Waals surface area contributed by atoms with Crippen molar-refractivity contribution >= 4 is 0 Å². The molecule has 0 saturated heterocycles. The fourth-order valence-corrected chi connectivity index (χ4v) is 2.42. The van der Waals surface area contributed by atoms with Crippen LogP contribution < -0.4 is 5.73 Å². The van der Waals surface area contributed by atoms with E-state index in [9.17, 15) is 0 Å². The van der Waals surface area contributed by atoms with E-state index in [1.165, 1.54) is 24.0 Å². The minimum atomic E-state index is 0.126. The first-order chi connectivity index (χ1) is 8.08. The molecule has 1 aromatic carbocycles. The third-order valence-electron chi connectivity index (χ3n) is 3.95. The van der Waals surface area contributed by atoms with Crippen molar-refractivity contribution in [2.24, 2.45) is 11.7 Å². The second kappa shape index (κ2) is 5.19. The molecule has 0 amide bonds. The summed E-state index contributed by atoms with van der Waals surface area (Å²) in [5.41, 5.74) is 8.82. The van der Waals surface area contributed by atoms with Gasteiger partial charge in [0.05, 0.1) is 0 Å². The maximum Gasteiger partial charge on any atom is 0.0424 e. The molecule has 0 heterocycles. The van der Waals surface area contributed by atoms with Crippen molar-refractivity contribution in [2.75, 3.05) is 13.6 Å². The fourth-order valence-electron chi connectivity index (χ4n) is 2.42. The zero-order valence-electron chi connectivity index (χ0n) is 11.2. The Hall–Kier alpha value is -0.860. The number of nitrogens with zero attached hydrogens (tertiary/aromatic N) is 1. The van der Waals surface area contributed by atoms with E-state index in [4.69, 9.17) is 5.73 Å². The van der Waals surface area contributed by atoms with Gasteiger partial charge in [0.1, 0.15) is 0 Å². The van der Waals surface area contributed by atoms with Crippen LogP contribution >= 0.6 is 0 Å². The molecule has 0 spiro atoms. The van der Waals surface area contributed by atoms with Crippen molar-refractivity contribution in [3.05, 3.63) is 35.4 Å². The van der Waals surface area contributed by atoms with Crippen LogP contribution in [0.4, 0.5) is 0 Å². The highest BCUT2D eigenvalue weighted by atomic mass is 15.1. The molecule has 1 aliphatic carbocycles. The van der Waals surface area contributed by atoms with Gasteiger partial charge in [-0.05, 0) is 45.2 Å². The van der Waals surface area contributed by atoms with Gasteiger partial charge in [-0.3, -0.25) is 0 Å². The van der Waals surface area contributed by atoms with Crippen molar-refractivity contribution in [1.82, 2.24) is 4.90 Å². The Morgan fingerprint density at radius 1 is 1.41 bits per heavy atom. The van der Waals surface area contributed by atoms with Gasteiger partial charge in [-0.25, -0.2) is 0 Å². The van der Waals surface area contributed by atoms with E-state index in [1.807, 2.05) is 0 Å². The van der Waals surface area contributed by atoms with Gasteiger partial charge in [0.25, 0.3) is 0 Å². The van der Waals surface area contributed by atoms with Crippen LogP contribution in [0, 0.1) is 12.8 Å². The average Bonchev–Trinajstić information content (AvgIpc) is 3.11. The molecule has 1 aliphatic rings. The standard InChI is InChI=1S/C15H24N2/c1-11-5-4-6-14(9-11)15(16)10-17(3)12(2)13-7-8-13/h4-6,9,12-13,15H,7-8,10,16H2,1-3H3. The van der Waals surface area contributed by atoms with E-state index in [1.54, 1.807) is 0 Å². The van der Waals surface area contributed by atoms with Crippen LogP contribution in [0.15, 0.2) is 24.3 Å². The van der Waals surface area contributed by atoms with Gasteiger partial charge >= 0.3 is 0 Å². The molecule has 2 N–H and O–H groups in total. The van der Waals surface area contributed by atoms with E-state index < -0.39 is 0 Å². The van der Waals surface area contributed by atoms with Crippen molar-refractivity contribution in [2.45, 2.75) is 38.8 Å². The summed E-state index contributed by atoms with van der Waals surface area (Å²) in [7, 11) is 2.19. The summed E-state index contributed by atoms with van der Waals surface area (Å²) in [4.78, 5) is 2.41. The summed E-state index contributed by atoms with van der Waals surface area (Å²) in [6, 6.07) is 9.34. The number of hydrogen-bond acceptors (Lipinski definition) is 2. The molecule has 17 heavy (non-hydrogen) atoms. The van der Waals surface area contributed by atoms with Gasteiger partial charge in [-0.2, -0.15) is 0 Å². The van der Waals surface area contributed by atoms with Gasteiger partial charge < -0.3 is 10.6 Å². The average molecular weight is 232 g/mol. The Kier molecular flexibility index (Phi) is 3.85. The lowest BCUT2D eigenvalue weighted by molar-refractivity contribution is 0.221. The third kappa shape index (κ3) is 3.30. The lowest BCUT2D eigenvalue weighted by atomic mass is 10.0. The molecular weight excluding hydrogens is 208 g/mol. The number of benzene rings is 1. The summed E-state index contributed by atoms with van der Waals surface area (Å²) in [6.45, 7) is 5.38. The summed E-state index contributed by atoms with van der Waals surface area (Å²) in [5, 5.41) is 0. The lowest BCUT2D eigenvalue weighted by Crippen LogP contribution is -2.36. The minimum absolute atomic E-state index is 0.126. The zero-order chi connectivity index (χ0) is 12.4. The number of nitrogens with two attached hydrogens (primary N) is 1. The van der Waals surface area contributed by atoms with Gasteiger partial charge in [0.15, 0.2) is 0 Å². The predicted octanol–water partition coefficient (Wildman–Crippen LogP) is 2.73. The lowest BCUT2D eigenvalue weighted by Gasteiger charge is -2.27. The van der Waals surface area contributed by atoms with Crippen LogP contribution in [-0.4, -0.2) is 24.5 Å². The summed E-state index contributed by atoms with van der Waals surface area (Å²) >= 11 is 0. The predicted molar refractivity (Wildman–Crippen MR) is 72.9 cm³/mol. The van der Waals surface area contributed by atoms with Crippen molar-refractivity contribution in [3.63, 3.8) is 0 Å². The largest absolute Gasteiger partial charge is 0.323 e. The van der Waals surface area contributed by atoms with Gasteiger partial charge in [-0.15, -0.1) is 0 Å². The van der Waals surface area contributed by atoms with E-state index >= 15 is 0 Å². The van der Waals surface area contributed by atoms with Gasteiger partial charge in [0, 0.05) is 18.6 Å². The number of aryl methyl sites for hydroxylation is 1. The molecule has 1 saturated carbocycles. The molecule has 0 bridgehead atoms. The zero-order valence-corrected chi connectivity index (χ0v) is 11.2. The second-order valence-corrected chi connectivity index (χ2v) is 5.54. The highest BCUT2D eigenvalue weighted by Crippen LogP contribution is 2.35. The van der Waals surface area contributed by atoms with E-state index in [2.05, 4.69) is 50.1 Å². The summed E-state index contributed by atoms with van der Waals surface area (Å²) in [5.74, 6) is 0.907. The van der Waals surface area contributed by atoms with E-state index in [0.717, 1.165) is 12.5 Å². The van der Waals surface area contributed by atoms with Crippen LogP contribution in [0.25, 0.3) is 0 Å². The number of likely N-dealkylation sites (N-methyl/N-ethyl adjacent to an activating group) is 1. The van der Waals surface area contributed by atoms with E-state index in [-0.39, 0.29) is 6.04 Å². The first kappa shape index (κ1) is 12.6. The Morgan fingerprint density at radius 3 is 2.71 bits per heavy atom. The van der Waals surface area contributed by atoms with Gasteiger partial charge in [-0.1, -0.05) is 29.8 Å². The smallest absolute Gasteiger partial charge is 0.0424 e. The van der Waals surface area contributed by atoms with Crippen LogP contribution in [0.3, 0.4) is 0 Å². The first-order valence-electron chi connectivity index (χ1n) is 6.60. The molecule has 94 valence electrons. The van der Waals surface area contributed by atoms with Gasteiger partial charge in [0.2, 0.25) is 0 Å². The SMILES string of the molecule is Cc1cccc(C(N)CN(C)C(C)C2CC2)c1. The molecule has 2 atom stereocenters. The van der Waals surface area contributed by atoms with Crippen LogP contribution in [-0.2, 0) is 0 Å². The Morgan fingerprint density at radius 2 is 2.12 bits per heavy atom. The van der Waals surface area contributed by atoms with Crippen LogP contribution in [0.2, 0.25) is 0 Å². The highest BCUT2D eigenvalue weighted by Gasteiger charge is 2.30. The summed E-state index contributed by atoms with van der Waals surface area (Å²) < 4.78 is 0. The molecule has 1 aromatic rings. The first-order valence-corrected chi connectivity index (χ1v) is 6.60. The Bertz CT molecular complexity index is 371. The van der Waals surface area contributed by atoms with E-state index in [0.29, 0.717) is 6.04 Å². The molecule has 0 aliphatic heterocycles. The maximum atomic E-state index is 6.28. The summed E-state index contributed by atoms with van der Waals surface area (Å²) in [6.07, 6.45) is 2.79. The normalized spacial score (nSPS) is 19.4. The molecule has 0 aromatic heterocycles. The third-order valence-corrected chi connectivity index (χ3v) is 3.95. The van der Waals surface area contributed by atoms with Crippen LogP contribution in [0.1, 0.15) is 36.9 Å². The maximum absolute atomic E-state index is 6.28. The van der Waals surface area contributed by atoms with Crippen LogP contribution in [0.5, 0.6) is 0 Å². The molecule has 1 fully saturated rings. The molecule has 2 unspecified atom stereocenters. The molecular formula is C15H24N2. The highest BCUT2D eigenvalue weighted by molar-refractivity contribution is 5.25. The van der Waals surface area contributed by atoms with Crippen molar-refractivity contribution < 1.29 is 0 Å².